The highest BCUT2D eigenvalue weighted by Gasteiger charge is 2.19. The normalized spacial score (nSPS) is 12.7. The van der Waals surface area contributed by atoms with E-state index in [2.05, 4.69) is 11.1 Å². The molecule has 0 radical (unpaired) electrons. The van der Waals surface area contributed by atoms with Gasteiger partial charge in [-0.15, -0.1) is 0 Å². The molecule has 0 rings (SSSR count). The summed E-state index contributed by atoms with van der Waals surface area (Å²) in [5, 5.41) is 17.6. The van der Waals surface area contributed by atoms with Gasteiger partial charge in [0.1, 0.15) is 11.8 Å². The number of rotatable bonds is 5. The van der Waals surface area contributed by atoms with Crippen molar-refractivity contribution in [3.63, 3.8) is 0 Å². The molecule has 0 aromatic heterocycles. The summed E-state index contributed by atoms with van der Waals surface area (Å²) in [6.45, 7) is 7.57. The highest BCUT2D eigenvalue weighted by atomic mass is 15.2. The van der Waals surface area contributed by atoms with Crippen LogP contribution in [0.2, 0.25) is 0 Å². The van der Waals surface area contributed by atoms with E-state index in [1.165, 1.54) is 0 Å². The van der Waals surface area contributed by atoms with Crippen molar-refractivity contribution < 1.29 is 0 Å². The van der Waals surface area contributed by atoms with Crippen molar-refractivity contribution in [1.82, 2.24) is 4.90 Å². The van der Waals surface area contributed by atoms with Gasteiger partial charge < -0.3 is 4.90 Å². The molecule has 0 N–H and O–H groups in total. The SMILES string of the molecule is CCCC(C#N)/C(=N/C#N)N(CC)CC. The molecule has 1 unspecified atom stereocenters. The van der Waals surface area contributed by atoms with Crippen LogP contribution in [0.5, 0.6) is 0 Å². The minimum Gasteiger partial charge on any atom is -0.359 e. The number of nitriles is 2. The van der Waals surface area contributed by atoms with Crippen LogP contribution in [-0.2, 0) is 0 Å². The Bertz CT molecular complexity index is 278. The van der Waals surface area contributed by atoms with Gasteiger partial charge in [0.05, 0.1) is 6.07 Å². The summed E-state index contributed by atoms with van der Waals surface area (Å²) in [6.07, 6.45) is 3.46. The van der Waals surface area contributed by atoms with E-state index in [-0.39, 0.29) is 5.92 Å². The van der Waals surface area contributed by atoms with Gasteiger partial charge in [0.2, 0.25) is 6.19 Å². The zero-order chi connectivity index (χ0) is 11.7. The Morgan fingerprint density at radius 3 is 2.20 bits per heavy atom. The van der Waals surface area contributed by atoms with E-state index in [4.69, 9.17) is 10.5 Å². The molecule has 4 heteroatoms. The summed E-state index contributed by atoms with van der Waals surface area (Å²) >= 11 is 0. The van der Waals surface area contributed by atoms with E-state index in [0.717, 1.165) is 25.9 Å². The molecule has 15 heavy (non-hydrogen) atoms. The zero-order valence-electron chi connectivity index (χ0n) is 9.69. The largest absolute Gasteiger partial charge is 0.359 e. The van der Waals surface area contributed by atoms with E-state index >= 15 is 0 Å². The van der Waals surface area contributed by atoms with Crippen molar-refractivity contribution in [2.75, 3.05) is 13.1 Å². The third-order valence-electron chi connectivity index (χ3n) is 2.30. The second-order valence-electron chi connectivity index (χ2n) is 3.21. The Labute approximate surface area is 91.8 Å². The van der Waals surface area contributed by atoms with Crippen LogP contribution in [-0.4, -0.2) is 23.8 Å². The molecule has 0 saturated carbocycles. The summed E-state index contributed by atoms with van der Waals surface area (Å²) in [6, 6.07) is 2.21. The van der Waals surface area contributed by atoms with Crippen molar-refractivity contribution in [2.45, 2.75) is 33.6 Å². The Morgan fingerprint density at radius 2 is 1.87 bits per heavy atom. The minimum atomic E-state index is -0.255. The summed E-state index contributed by atoms with van der Waals surface area (Å²) in [7, 11) is 0. The first kappa shape index (κ1) is 13.4. The molecule has 0 aliphatic rings. The van der Waals surface area contributed by atoms with Crippen molar-refractivity contribution in [1.29, 1.82) is 10.5 Å². The van der Waals surface area contributed by atoms with E-state index in [1.807, 2.05) is 25.7 Å². The molecule has 1 atom stereocenters. The molecule has 0 aromatic rings. The van der Waals surface area contributed by atoms with Crippen molar-refractivity contribution in [3.05, 3.63) is 0 Å². The van der Waals surface area contributed by atoms with Crippen LogP contribution < -0.4 is 0 Å². The quantitative estimate of drug-likeness (QED) is 0.393. The molecule has 0 heterocycles. The Kier molecular flexibility index (Phi) is 7.01. The van der Waals surface area contributed by atoms with Gasteiger partial charge in [0.15, 0.2) is 0 Å². The number of aliphatic imine (C=N–C) groups is 1. The number of amidine groups is 1. The standard InChI is InChI=1S/C11H18N4/c1-4-7-10(8-12)11(14-9-13)15(5-2)6-3/h10H,4-7H2,1-3H3/b14-11-. The maximum absolute atomic E-state index is 9.03. The minimum absolute atomic E-state index is 0.255. The molecular formula is C11H18N4. The highest BCUT2D eigenvalue weighted by molar-refractivity contribution is 5.87. The van der Waals surface area contributed by atoms with Crippen molar-refractivity contribution in [3.8, 4) is 12.3 Å². The van der Waals surface area contributed by atoms with Gasteiger partial charge in [-0.05, 0) is 20.3 Å². The average molecular weight is 206 g/mol. The maximum Gasteiger partial charge on any atom is 0.207 e. The summed E-state index contributed by atoms with van der Waals surface area (Å²) in [5.41, 5.74) is 0. The Hall–Kier alpha value is -1.55. The van der Waals surface area contributed by atoms with Crippen molar-refractivity contribution in [2.24, 2.45) is 10.9 Å². The molecule has 82 valence electrons. The second kappa shape index (κ2) is 7.82. The fourth-order valence-electron chi connectivity index (χ4n) is 1.51. The summed E-state index contributed by atoms with van der Waals surface area (Å²) < 4.78 is 0. The van der Waals surface area contributed by atoms with E-state index < -0.39 is 0 Å². The van der Waals surface area contributed by atoms with Crippen LogP contribution in [0.3, 0.4) is 0 Å². The van der Waals surface area contributed by atoms with Gasteiger partial charge in [-0.25, -0.2) is 0 Å². The lowest BCUT2D eigenvalue weighted by molar-refractivity contribution is 0.440. The average Bonchev–Trinajstić information content (AvgIpc) is 2.26. The van der Waals surface area contributed by atoms with Crippen LogP contribution in [0.15, 0.2) is 4.99 Å². The van der Waals surface area contributed by atoms with Crippen LogP contribution in [0.1, 0.15) is 33.6 Å². The topological polar surface area (TPSA) is 63.2 Å². The van der Waals surface area contributed by atoms with Crippen LogP contribution in [0.4, 0.5) is 0 Å². The number of hydrogen-bond acceptors (Lipinski definition) is 3. The van der Waals surface area contributed by atoms with Crippen LogP contribution in [0, 0.1) is 28.7 Å². The van der Waals surface area contributed by atoms with E-state index in [9.17, 15) is 0 Å². The molecule has 4 nitrogen and oxygen atoms in total. The molecule has 0 aliphatic heterocycles. The lowest BCUT2D eigenvalue weighted by Crippen LogP contribution is -2.35. The predicted octanol–water partition coefficient (Wildman–Crippen LogP) is 2.15. The monoisotopic (exact) mass is 206 g/mol. The van der Waals surface area contributed by atoms with Gasteiger partial charge in [0, 0.05) is 13.1 Å². The van der Waals surface area contributed by atoms with Gasteiger partial charge in [-0.2, -0.15) is 15.5 Å². The predicted molar refractivity (Wildman–Crippen MR) is 60.0 cm³/mol. The van der Waals surface area contributed by atoms with E-state index in [1.54, 1.807) is 6.19 Å². The summed E-state index contributed by atoms with van der Waals surface area (Å²) in [5.74, 6) is 0.362. The van der Waals surface area contributed by atoms with Gasteiger partial charge in [-0.3, -0.25) is 0 Å². The number of nitrogens with zero attached hydrogens (tertiary/aromatic N) is 4. The third kappa shape index (κ3) is 3.99. The van der Waals surface area contributed by atoms with Gasteiger partial charge in [0.25, 0.3) is 0 Å². The van der Waals surface area contributed by atoms with Crippen LogP contribution in [0.25, 0.3) is 0 Å². The first-order chi connectivity index (χ1) is 7.24. The second-order valence-corrected chi connectivity index (χ2v) is 3.21. The lowest BCUT2D eigenvalue weighted by Gasteiger charge is -2.24. The maximum atomic E-state index is 9.03. The van der Waals surface area contributed by atoms with Gasteiger partial charge in [-0.1, -0.05) is 13.3 Å². The first-order valence-electron chi connectivity index (χ1n) is 5.36. The fourth-order valence-corrected chi connectivity index (χ4v) is 1.51. The molecule has 0 fully saturated rings. The first-order valence-corrected chi connectivity index (χ1v) is 5.36. The highest BCUT2D eigenvalue weighted by Crippen LogP contribution is 2.11. The Morgan fingerprint density at radius 1 is 1.27 bits per heavy atom. The third-order valence-corrected chi connectivity index (χ3v) is 2.30. The van der Waals surface area contributed by atoms with Crippen molar-refractivity contribution >= 4 is 5.84 Å². The molecule has 0 aromatic carbocycles. The lowest BCUT2D eigenvalue weighted by atomic mass is 10.0. The number of hydrogen-bond donors (Lipinski definition) is 0. The van der Waals surface area contributed by atoms with Gasteiger partial charge >= 0.3 is 0 Å². The molecular weight excluding hydrogens is 188 g/mol. The Balaban J connectivity index is 4.88. The van der Waals surface area contributed by atoms with Crippen LogP contribution >= 0.6 is 0 Å². The summed E-state index contributed by atoms with van der Waals surface area (Å²) in [4.78, 5) is 5.75. The molecule has 0 saturated heterocycles. The smallest absolute Gasteiger partial charge is 0.207 e. The molecule has 0 spiro atoms. The molecule has 0 amide bonds. The molecule has 0 aliphatic carbocycles. The zero-order valence-corrected chi connectivity index (χ0v) is 9.69. The van der Waals surface area contributed by atoms with E-state index in [0.29, 0.717) is 5.84 Å². The fraction of sp³-hybridized carbons (Fsp3) is 0.727. The molecule has 0 bridgehead atoms.